The average molecular weight is 355 g/mol. The summed E-state index contributed by atoms with van der Waals surface area (Å²) in [7, 11) is 0. The van der Waals surface area contributed by atoms with Crippen LogP contribution in [0.1, 0.15) is 16.8 Å². The molecule has 0 saturated carbocycles. The highest BCUT2D eigenvalue weighted by atomic mass is 79.9. The number of carbonyl (C=O) groups excluding carboxylic acids is 2. The molecule has 3 N–H and O–H groups in total. The largest absolute Gasteiger partial charge is 0.480 e. The Morgan fingerprint density at radius 1 is 1.38 bits per heavy atom. The van der Waals surface area contributed by atoms with E-state index in [0.717, 1.165) is 4.47 Å². The lowest BCUT2D eigenvalue weighted by molar-refractivity contribution is -0.141. The smallest absolute Gasteiger partial charge is 0.326 e. The normalized spacial score (nSPS) is 11.3. The second-order valence-electron chi connectivity index (χ2n) is 4.18. The lowest BCUT2D eigenvalue weighted by atomic mass is 10.2. The van der Waals surface area contributed by atoms with E-state index >= 15 is 0 Å². The summed E-state index contributed by atoms with van der Waals surface area (Å²) < 4.78 is 0.747. The fraction of sp³-hybridized carbons (Fsp3) is 0.214. The van der Waals surface area contributed by atoms with Crippen molar-refractivity contribution in [1.82, 2.24) is 10.6 Å². The second kappa shape index (κ2) is 8.21. The van der Waals surface area contributed by atoms with Crippen LogP contribution in [0.5, 0.6) is 0 Å². The molecule has 0 aliphatic carbocycles. The Hall–Kier alpha value is -2.15. The molecule has 0 saturated heterocycles. The molecule has 0 aliphatic heterocycles. The van der Waals surface area contributed by atoms with Crippen LogP contribution in [-0.2, 0) is 9.59 Å². The van der Waals surface area contributed by atoms with Crippen molar-refractivity contribution in [1.29, 1.82) is 0 Å². The van der Waals surface area contributed by atoms with Gasteiger partial charge in [0, 0.05) is 10.0 Å². The van der Waals surface area contributed by atoms with Gasteiger partial charge in [0.25, 0.3) is 5.91 Å². The van der Waals surface area contributed by atoms with Crippen LogP contribution < -0.4 is 10.6 Å². The first-order valence-corrected chi connectivity index (χ1v) is 6.90. The van der Waals surface area contributed by atoms with Crippen molar-refractivity contribution < 1.29 is 19.5 Å². The third-order valence-corrected chi connectivity index (χ3v) is 3.03. The summed E-state index contributed by atoms with van der Waals surface area (Å²) >= 11 is 3.24. The van der Waals surface area contributed by atoms with Gasteiger partial charge in [0.15, 0.2) is 0 Å². The minimum atomic E-state index is -1.15. The molecule has 1 aromatic rings. The van der Waals surface area contributed by atoms with E-state index in [1.807, 2.05) is 0 Å². The lowest BCUT2D eigenvalue weighted by Crippen LogP contribution is -2.45. The Labute approximate surface area is 130 Å². The third-order valence-electron chi connectivity index (χ3n) is 2.53. The first-order valence-electron chi connectivity index (χ1n) is 6.11. The van der Waals surface area contributed by atoms with Crippen LogP contribution in [0.4, 0.5) is 0 Å². The van der Waals surface area contributed by atoms with Crippen molar-refractivity contribution in [2.75, 3.05) is 6.54 Å². The van der Waals surface area contributed by atoms with Crippen molar-refractivity contribution >= 4 is 33.7 Å². The van der Waals surface area contributed by atoms with E-state index in [0.29, 0.717) is 5.56 Å². The van der Waals surface area contributed by atoms with Crippen molar-refractivity contribution in [2.24, 2.45) is 0 Å². The van der Waals surface area contributed by atoms with Gasteiger partial charge in [-0.25, -0.2) is 4.79 Å². The monoisotopic (exact) mass is 354 g/mol. The fourth-order valence-electron chi connectivity index (χ4n) is 1.53. The summed E-state index contributed by atoms with van der Waals surface area (Å²) in [6.07, 6.45) is 1.51. The summed E-state index contributed by atoms with van der Waals surface area (Å²) in [5.41, 5.74) is 0.401. The quantitative estimate of drug-likeness (QED) is 0.643. The molecule has 21 heavy (non-hydrogen) atoms. The van der Waals surface area contributed by atoms with Gasteiger partial charge in [0.1, 0.15) is 6.04 Å². The summed E-state index contributed by atoms with van der Waals surface area (Å²) in [6, 6.07) is 5.65. The van der Waals surface area contributed by atoms with Gasteiger partial charge in [-0.3, -0.25) is 9.59 Å². The Morgan fingerprint density at radius 3 is 2.67 bits per heavy atom. The highest BCUT2D eigenvalue weighted by Gasteiger charge is 2.18. The number of carboxylic acids is 1. The molecular formula is C14H15BrN2O4. The molecule has 0 spiro atoms. The van der Waals surface area contributed by atoms with Gasteiger partial charge in [-0.2, -0.15) is 0 Å². The predicted molar refractivity (Wildman–Crippen MR) is 80.9 cm³/mol. The zero-order valence-electron chi connectivity index (χ0n) is 11.1. The van der Waals surface area contributed by atoms with Crippen LogP contribution in [0.3, 0.4) is 0 Å². The standard InChI is InChI=1S/C14H15BrN2O4/c1-2-4-11(14(20)21)17-12(18)8-16-13(19)9-5-3-6-10(15)7-9/h2-3,5-7,11H,1,4,8H2,(H,16,19)(H,17,18)(H,20,21). The number of benzene rings is 1. The number of carboxylic acid groups (broad SMARTS) is 1. The first-order chi connectivity index (χ1) is 9.93. The number of carbonyl (C=O) groups is 3. The molecule has 1 atom stereocenters. The maximum atomic E-state index is 11.8. The minimum Gasteiger partial charge on any atom is -0.480 e. The molecule has 112 valence electrons. The number of hydrogen-bond donors (Lipinski definition) is 3. The molecule has 0 aromatic heterocycles. The molecule has 0 aliphatic rings. The molecule has 6 nitrogen and oxygen atoms in total. The average Bonchev–Trinajstić information content (AvgIpc) is 2.44. The molecule has 1 unspecified atom stereocenters. The SMILES string of the molecule is C=CCC(NC(=O)CNC(=O)c1cccc(Br)c1)C(=O)O. The van der Waals surface area contributed by atoms with Gasteiger partial charge in [0.2, 0.25) is 5.91 Å². The Morgan fingerprint density at radius 2 is 2.10 bits per heavy atom. The van der Waals surface area contributed by atoms with Crippen molar-refractivity contribution in [3.05, 3.63) is 47.0 Å². The van der Waals surface area contributed by atoms with Crippen LogP contribution in [-0.4, -0.2) is 35.5 Å². The maximum Gasteiger partial charge on any atom is 0.326 e. The van der Waals surface area contributed by atoms with Crippen LogP contribution >= 0.6 is 15.9 Å². The van der Waals surface area contributed by atoms with Crippen LogP contribution in [0.25, 0.3) is 0 Å². The number of nitrogens with one attached hydrogen (secondary N) is 2. The van der Waals surface area contributed by atoms with Crippen LogP contribution in [0.2, 0.25) is 0 Å². The molecule has 0 bridgehead atoms. The molecule has 0 heterocycles. The van der Waals surface area contributed by atoms with Gasteiger partial charge in [-0.05, 0) is 24.6 Å². The van der Waals surface area contributed by atoms with E-state index in [1.54, 1.807) is 24.3 Å². The fourth-order valence-corrected chi connectivity index (χ4v) is 1.93. The number of hydrogen-bond acceptors (Lipinski definition) is 3. The molecule has 0 fully saturated rings. The van der Waals surface area contributed by atoms with Gasteiger partial charge in [-0.1, -0.05) is 28.1 Å². The van der Waals surface area contributed by atoms with E-state index in [-0.39, 0.29) is 13.0 Å². The topological polar surface area (TPSA) is 95.5 Å². The minimum absolute atomic E-state index is 0.112. The van der Waals surface area contributed by atoms with Gasteiger partial charge < -0.3 is 15.7 Å². The number of halogens is 1. The van der Waals surface area contributed by atoms with E-state index in [1.165, 1.54) is 6.08 Å². The summed E-state index contributed by atoms with van der Waals surface area (Å²) in [5, 5.41) is 13.6. The Kier molecular flexibility index (Phi) is 6.61. The zero-order chi connectivity index (χ0) is 15.8. The van der Waals surface area contributed by atoms with E-state index in [9.17, 15) is 14.4 Å². The number of amides is 2. The molecular weight excluding hydrogens is 340 g/mol. The molecule has 7 heteroatoms. The van der Waals surface area contributed by atoms with Crippen LogP contribution in [0, 0.1) is 0 Å². The Bertz CT molecular complexity index is 560. The zero-order valence-corrected chi connectivity index (χ0v) is 12.7. The third kappa shape index (κ3) is 5.78. The highest BCUT2D eigenvalue weighted by molar-refractivity contribution is 9.10. The highest BCUT2D eigenvalue weighted by Crippen LogP contribution is 2.11. The van der Waals surface area contributed by atoms with Gasteiger partial charge >= 0.3 is 5.97 Å². The molecule has 1 aromatic carbocycles. The number of rotatable bonds is 7. The second-order valence-corrected chi connectivity index (χ2v) is 5.09. The van der Waals surface area contributed by atoms with Gasteiger partial charge in [-0.15, -0.1) is 6.58 Å². The summed E-state index contributed by atoms with van der Waals surface area (Å²) in [6.45, 7) is 3.12. The molecule has 1 rings (SSSR count). The summed E-state index contributed by atoms with van der Waals surface area (Å²) in [4.78, 5) is 34.3. The van der Waals surface area contributed by atoms with Gasteiger partial charge in [0.05, 0.1) is 6.54 Å². The number of aliphatic carboxylic acids is 1. The van der Waals surface area contributed by atoms with Crippen molar-refractivity contribution in [2.45, 2.75) is 12.5 Å². The maximum absolute atomic E-state index is 11.8. The lowest BCUT2D eigenvalue weighted by Gasteiger charge is -2.13. The Balaban J connectivity index is 2.50. The first kappa shape index (κ1) is 16.9. The predicted octanol–water partition coefficient (Wildman–Crippen LogP) is 1.32. The molecule has 0 radical (unpaired) electrons. The summed E-state index contributed by atoms with van der Waals surface area (Å²) in [5.74, 6) is -2.14. The van der Waals surface area contributed by atoms with E-state index in [4.69, 9.17) is 5.11 Å². The van der Waals surface area contributed by atoms with Crippen molar-refractivity contribution in [3.63, 3.8) is 0 Å². The van der Waals surface area contributed by atoms with E-state index < -0.39 is 23.8 Å². The molecule has 2 amide bonds. The van der Waals surface area contributed by atoms with Crippen molar-refractivity contribution in [3.8, 4) is 0 Å². The van der Waals surface area contributed by atoms with E-state index in [2.05, 4.69) is 33.1 Å². The van der Waals surface area contributed by atoms with Crippen LogP contribution in [0.15, 0.2) is 41.4 Å².